The fourth-order valence-electron chi connectivity index (χ4n) is 3.29. The molecule has 1 fully saturated rings. The average Bonchev–Trinajstić information content (AvgIpc) is 3.46. The van der Waals surface area contributed by atoms with Gasteiger partial charge in [0.15, 0.2) is 0 Å². The van der Waals surface area contributed by atoms with Crippen molar-refractivity contribution in [1.29, 1.82) is 5.26 Å². The van der Waals surface area contributed by atoms with Crippen LogP contribution >= 0.6 is 0 Å². The monoisotopic (exact) mass is 346 g/mol. The third-order valence-electron chi connectivity index (χ3n) is 4.54. The van der Waals surface area contributed by atoms with Gasteiger partial charge in [0.1, 0.15) is 23.3 Å². The largest absolute Gasteiger partial charge is 0.466 e. The molecule has 4 nitrogen and oxygen atoms in total. The summed E-state index contributed by atoms with van der Waals surface area (Å²) in [5, 5.41) is 10.9. The minimum Gasteiger partial charge on any atom is -0.466 e. The molecule has 128 valence electrons. The summed E-state index contributed by atoms with van der Waals surface area (Å²) >= 11 is 0. The predicted molar refractivity (Wildman–Crippen MR) is 97.4 cm³/mol. The Morgan fingerprint density at radius 3 is 2.69 bits per heavy atom. The highest BCUT2D eigenvalue weighted by molar-refractivity contribution is 5.99. The van der Waals surface area contributed by atoms with Crippen molar-refractivity contribution in [2.24, 2.45) is 0 Å². The first-order valence-electron chi connectivity index (χ1n) is 8.30. The van der Waals surface area contributed by atoms with Crippen LogP contribution in [0, 0.1) is 17.1 Å². The second-order valence-electron chi connectivity index (χ2n) is 6.24. The highest BCUT2D eigenvalue weighted by Crippen LogP contribution is 2.39. The highest BCUT2D eigenvalue weighted by atomic mass is 19.1. The van der Waals surface area contributed by atoms with Gasteiger partial charge in [-0.2, -0.15) is 5.26 Å². The first kappa shape index (κ1) is 16.1. The summed E-state index contributed by atoms with van der Waals surface area (Å²) in [4.78, 5) is 13.0. The van der Waals surface area contributed by atoms with Gasteiger partial charge in [0, 0.05) is 22.4 Å². The summed E-state index contributed by atoms with van der Waals surface area (Å²) in [5.74, 6) is 0.0971. The van der Waals surface area contributed by atoms with E-state index in [2.05, 4.69) is 12.6 Å². The molecular formula is C21H15FN2O2. The van der Waals surface area contributed by atoms with Gasteiger partial charge in [-0.15, -0.1) is 0 Å². The molecule has 3 aromatic rings. The van der Waals surface area contributed by atoms with Crippen LogP contribution in [0.3, 0.4) is 0 Å². The number of hydrogen-bond donors (Lipinski definition) is 0. The Morgan fingerprint density at radius 1 is 1.23 bits per heavy atom. The molecule has 26 heavy (non-hydrogen) atoms. The van der Waals surface area contributed by atoms with Crippen molar-refractivity contribution in [1.82, 2.24) is 4.57 Å². The molecule has 0 spiro atoms. The Labute approximate surface area is 149 Å². The van der Waals surface area contributed by atoms with E-state index >= 15 is 0 Å². The van der Waals surface area contributed by atoms with Crippen molar-refractivity contribution < 1.29 is 9.13 Å². The lowest BCUT2D eigenvalue weighted by molar-refractivity contribution is 0.484. The zero-order valence-electron chi connectivity index (χ0n) is 13.9. The van der Waals surface area contributed by atoms with E-state index in [-0.39, 0.29) is 17.3 Å². The van der Waals surface area contributed by atoms with E-state index in [1.807, 2.05) is 0 Å². The first-order valence-corrected chi connectivity index (χ1v) is 8.30. The van der Waals surface area contributed by atoms with Crippen molar-refractivity contribution in [3.05, 3.63) is 77.2 Å². The topological polar surface area (TPSA) is 55.0 Å². The van der Waals surface area contributed by atoms with E-state index in [1.54, 1.807) is 34.9 Å². The summed E-state index contributed by atoms with van der Waals surface area (Å²) in [6, 6.07) is 13.3. The normalized spacial score (nSPS) is 13.4. The third kappa shape index (κ3) is 2.56. The minimum absolute atomic E-state index is 0.0259. The number of fused-ring (bicyclic) bond motifs is 1. The Kier molecular flexibility index (Phi) is 3.81. The third-order valence-corrected chi connectivity index (χ3v) is 4.54. The van der Waals surface area contributed by atoms with Gasteiger partial charge in [-0.3, -0.25) is 9.36 Å². The molecule has 2 aromatic carbocycles. The Balaban J connectivity index is 2.16. The molecule has 0 saturated heterocycles. The van der Waals surface area contributed by atoms with Crippen molar-refractivity contribution >= 4 is 10.8 Å². The smallest absolute Gasteiger partial charge is 0.259 e. The fourth-order valence-corrected chi connectivity index (χ4v) is 3.29. The molecule has 1 aliphatic rings. The van der Waals surface area contributed by atoms with Gasteiger partial charge >= 0.3 is 0 Å². The molecular weight excluding hydrogens is 331 g/mol. The summed E-state index contributed by atoms with van der Waals surface area (Å²) in [5.41, 5.74) is 1.15. The summed E-state index contributed by atoms with van der Waals surface area (Å²) in [6.45, 7) is 3.54. The van der Waals surface area contributed by atoms with Crippen LogP contribution in [0.4, 0.5) is 4.39 Å². The number of hydrogen-bond acceptors (Lipinski definition) is 3. The number of nitriles is 1. The molecule has 1 saturated carbocycles. The molecule has 0 unspecified atom stereocenters. The van der Waals surface area contributed by atoms with Crippen molar-refractivity contribution in [3.8, 4) is 22.9 Å². The zero-order chi connectivity index (χ0) is 18.3. The number of rotatable bonds is 4. The van der Waals surface area contributed by atoms with E-state index in [0.29, 0.717) is 27.6 Å². The Hall–Kier alpha value is -3.39. The number of benzene rings is 2. The lowest BCUT2D eigenvalue weighted by Gasteiger charge is -2.16. The number of aromatic nitrogens is 1. The van der Waals surface area contributed by atoms with Gasteiger partial charge in [-0.1, -0.05) is 18.7 Å². The van der Waals surface area contributed by atoms with Crippen molar-refractivity contribution in [2.45, 2.75) is 18.9 Å². The molecule has 0 amide bonds. The summed E-state index contributed by atoms with van der Waals surface area (Å²) < 4.78 is 20.7. The van der Waals surface area contributed by atoms with Crippen LogP contribution in [0.1, 0.15) is 24.6 Å². The van der Waals surface area contributed by atoms with E-state index in [0.717, 1.165) is 12.8 Å². The molecule has 0 aliphatic heterocycles. The molecule has 0 N–H and O–H groups in total. The maximum absolute atomic E-state index is 13.8. The number of pyridine rings is 1. The predicted octanol–water partition coefficient (Wildman–Crippen LogP) is 4.54. The second-order valence-corrected chi connectivity index (χ2v) is 6.24. The van der Waals surface area contributed by atoms with Gasteiger partial charge in [0.25, 0.3) is 5.56 Å². The minimum atomic E-state index is -0.401. The number of ether oxygens (including phenoxy) is 1. The summed E-state index contributed by atoms with van der Waals surface area (Å²) in [7, 11) is 0. The Bertz CT molecular complexity index is 1140. The molecule has 1 aromatic heterocycles. The molecule has 4 rings (SSSR count). The lowest BCUT2D eigenvalue weighted by atomic mass is 9.96. The van der Waals surface area contributed by atoms with E-state index in [1.165, 1.54) is 18.4 Å². The van der Waals surface area contributed by atoms with Crippen LogP contribution < -0.4 is 10.3 Å². The van der Waals surface area contributed by atoms with Gasteiger partial charge in [-0.05, 0) is 48.7 Å². The maximum Gasteiger partial charge on any atom is 0.259 e. The van der Waals surface area contributed by atoms with Gasteiger partial charge < -0.3 is 4.74 Å². The van der Waals surface area contributed by atoms with E-state index in [9.17, 15) is 14.4 Å². The van der Waals surface area contributed by atoms with Crippen LogP contribution in [-0.2, 0) is 0 Å². The van der Waals surface area contributed by atoms with E-state index < -0.39 is 5.82 Å². The quantitative estimate of drug-likeness (QED) is 0.652. The maximum atomic E-state index is 13.8. The number of halogens is 1. The van der Waals surface area contributed by atoms with Crippen LogP contribution in [0.25, 0.3) is 21.9 Å². The SMILES string of the molecule is C=COc1ccc2c(=O)n(C3CC3)c(C#N)c(-c3cccc(F)c3)c2c1. The molecule has 0 radical (unpaired) electrons. The second kappa shape index (κ2) is 6.16. The highest BCUT2D eigenvalue weighted by Gasteiger charge is 2.30. The molecule has 5 heteroatoms. The zero-order valence-corrected chi connectivity index (χ0v) is 13.9. The molecule has 0 bridgehead atoms. The number of nitrogens with zero attached hydrogens (tertiary/aromatic N) is 2. The van der Waals surface area contributed by atoms with Gasteiger partial charge in [-0.25, -0.2) is 4.39 Å². The van der Waals surface area contributed by atoms with Crippen LogP contribution in [0.5, 0.6) is 5.75 Å². The fraction of sp³-hybridized carbons (Fsp3) is 0.143. The van der Waals surface area contributed by atoms with Gasteiger partial charge in [0.2, 0.25) is 0 Å². The molecule has 1 heterocycles. The molecule has 1 aliphatic carbocycles. The standard InChI is InChI=1S/C21H15FN2O2/c1-2-26-16-8-9-17-18(11-16)20(13-4-3-5-14(22)10-13)19(12-23)24(21(17)25)15-6-7-15/h2-5,8-11,15H,1,6-7H2. The average molecular weight is 346 g/mol. The van der Waals surface area contributed by atoms with Crippen LogP contribution in [-0.4, -0.2) is 4.57 Å². The van der Waals surface area contributed by atoms with Crippen LogP contribution in [0.2, 0.25) is 0 Å². The van der Waals surface area contributed by atoms with Crippen LogP contribution in [0.15, 0.2) is 60.1 Å². The van der Waals surface area contributed by atoms with E-state index in [4.69, 9.17) is 4.74 Å². The van der Waals surface area contributed by atoms with Gasteiger partial charge in [0.05, 0.1) is 6.26 Å². The first-order chi connectivity index (χ1) is 12.6. The van der Waals surface area contributed by atoms with Crippen molar-refractivity contribution in [3.63, 3.8) is 0 Å². The molecule has 0 atom stereocenters. The Morgan fingerprint density at radius 2 is 2.04 bits per heavy atom. The van der Waals surface area contributed by atoms with Crippen molar-refractivity contribution in [2.75, 3.05) is 0 Å². The summed E-state index contributed by atoms with van der Waals surface area (Å²) in [6.07, 6.45) is 3.01. The lowest BCUT2D eigenvalue weighted by Crippen LogP contribution is -2.23.